The molecule has 2 aliphatic heterocycles. The summed E-state index contributed by atoms with van der Waals surface area (Å²) in [4.78, 5) is 2.60. The van der Waals surface area contributed by atoms with Crippen LogP contribution >= 0.6 is 11.8 Å². The number of ether oxygens (including phenoxy) is 1. The lowest BCUT2D eigenvalue weighted by molar-refractivity contribution is 0.149. The Balaban J connectivity index is 1.75. The van der Waals surface area contributed by atoms with Crippen LogP contribution in [0.15, 0.2) is 0 Å². The molecule has 0 aromatic rings. The van der Waals surface area contributed by atoms with Crippen LogP contribution in [0.3, 0.4) is 0 Å². The summed E-state index contributed by atoms with van der Waals surface area (Å²) in [6.07, 6.45) is 5.95. The van der Waals surface area contributed by atoms with Gasteiger partial charge in [-0.05, 0) is 44.5 Å². The third-order valence-electron chi connectivity index (χ3n) is 4.11. The Morgan fingerprint density at radius 1 is 1.44 bits per heavy atom. The third kappa shape index (κ3) is 2.92. The van der Waals surface area contributed by atoms with Crippen LogP contribution < -0.4 is 5.73 Å². The zero-order chi connectivity index (χ0) is 11.4. The molecule has 2 fully saturated rings. The molecule has 3 nitrogen and oxygen atoms in total. The van der Waals surface area contributed by atoms with Gasteiger partial charge >= 0.3 is 0 Å². The first kappa shape index (κ1) is 12.7. The summed E-state index contributed by atoms with van der Waals surface area (Å²) < 4.78 is 5.79. The van der Waals surface area contributed by atoms with E-state index in [4.69, 9.17) is 10.5 Å². The first-order valence-electron chi connectivity index (χ1n) is 6.33. The van der Waals surface area contributed by atoms with Crippen molar-refractivity contribution in [2.24, 2.45) is 11.7 Å². The van der Waals surface area contributed by atoms with Crippen molar-refractivity contribution in [2.45, 2.75) is 24.0 Å². The minimum Gasteiger partial charge on any atom is -0.381 e. The number of likely N-dealkylation sites (tertiary alicyclic amines) is 1. The van der Waals surface area contributed by atoms with Crippen LogP contribution in [0.4, 0.5) is 0 Å². The number of hydrogen-bond donors (Lipinski definition) is 1. The zero-order valence-electron chi connectivity index (χ0n) is 10.3. The van der Waals surface area contributed by atoms with Crippen molar-refractivity contribution in [3.8, 4) is 0 Å². The summed E-state index contributed by atoms with van der Waals surface area (Å²) in [6.45, 7) is 6.43. The fourth-order valence-electron chi connectivity index (χ4n) is 2.73. The SMILES string of the molecule is CSC1(CN)CCN(CC2CCOC2)CC1. The Bertz CT molecular complexity index is 205. The first-order valence-corrected chi connectivity index (χ1v) is 7.56. The van der Waals surface area contributed by atoms with Gasteiger partial charge in [0, 0.05) is 24.4 Å². The highest BCUT2D eigenvalue weighted by atomic mass is 32.2. The number of nitrogens with zero attached hydrogens (tertiary/aromatic N) is 1. The second-order valence-electron chi connectivity index (χ2n) is 5.12. The number of thioether (sulfide) groups is 1. The molecular weight excluding hydrogens is 220 g/mol. The van der Waals surface area contributed by atoms with E-state index in [0.717, 1.165) is 25.7 Å². The third-order valence-corrected chi connectivity index (χ3v) is 5.55. The largest absolute Gasteiger partial charge is 0.381 e. The van der Waals surface area contributed by atoms with Gasteiger partial charge in [-0.2, -0.15) is 11.8 Å². The molecule has 4 heteroatoms. The number of hydrogen-bond acceptors (Lipinski definition) is 4. The average molecular weight is 244 g/mol. The highest BCUT2D eigenvalue weighted by Crippen LogP contribution is 2.33. The van der Waals surface area contributed by atoms with Crippen LogP contribution in [-0.4, -0.2) is 55.3 Å². The van der Waals surface area contributed by atoms with Crippen molar-refractivity contribution in [3.05, 3.63) is 0 Å². The summed E-state index contributed by atoms with van der Waals surface area (Å²) in [7, 11) is 0. The van der Waals surface area contributed by atoms with Crippen LogP contribution in [0.2, 0.25) is 0 Å². The van der Waals surface area contributed by atoms with Crippen molar-refractivity contribution in [1.82, 2.24) is 4.90 Å². The molecule has 0 aliphatic carbocycles. The van der Waals surface area contributed by atoms with E-state index in [2.05, 4.69) is 11.2 Å². The second kappa shape index (κ2) is 5.71. The molecule has 94 valence electrons. The lowest BCUT2D eigenvalue weighted by Crippen LogP contribution is -2.47. The summed E-state index contributed by atoms with van der Waals surface area (Å²) in [6, 6.07) is 0. The summed E-state index contributed by atoms with van der Waals surface area (Å²) in [5, 5.41) is 0. The summed E-state index contributed by atoms with van der Waals surface area (Å²) >= 11 is 1.96. The van der Waals surface area contributed by atoms with Crippen molar-refractivity contribution < 1.29 is 4.74 Å². The molecule has 0 amide bonds. The van der Waals surface area contributed by atoms with Gasteiger partial charge in [-0.1, -0.05) is 0 Å². The number of nitrogens with two attached hydrogens (primary N) is 1. The molecule has 0 aromatic heterocycles. The van der Waals surface area contributed by atoms with Crippen LogP contribution in [0.5, 0.6) is 0 Å². The van der Waals surface area contributed by atoms with E-state index in [0.29, 0.717) is 4.75 Å². The molecule has 0 radical (unpaired) electrons. The van der Waals surface area contributed by atoms with Crippen molar-refractivity contribution in [1.29, 1.82) is 0 Å². The maximum absolute atomic E-state index is 5.90. The minimum absolute atomic E-state index is 0.364. The molecule has 2 aliphatic rings. The van der Waals surface area contributed by atoms with E-state index < -0.39 is 0 Å². The van der Waals surface area contributed by atoms with Gasteiger partial charge in [0.15, 0.2) is 0 Å². The van der Waals surface area contributed by atoms with E-state index in [1.54, 1.807) is 0 Å². The number of rotatable bonds is 4. The van der Waals surface area contributed by atoms with E-state index in [-0.39, 0.29) is 0 Å². The second-order valence-corrected chi connectivity index (χ2v) is 6.40. The topological polar surface area (TPSA) is 38.5 Å². The molecule has 2 N–H and O–H groups in total. The highest BCUT2D eigenvalue weighted by molar-refractivity contribution is 8.00. The number of piperidine rings is 1. The Morgan fingerprint density at radius 2 is 2.19 bits per heavy atom. The lowest BCUT2D eigenvalue weighted by Gasteiger charge is -2.40. The molecular formula is C12H24N2OS. The Labute approximate surface area is 103 Å². The molecule has 0 bridgehead atoms. The summed E-state index contributed by atoms with van der Waals surface area (Å²) in [5.74, 6) is 0.777. The van der Waals surface area contributed by atoms with Crippen LogP contribution in [-0.2, 0) is 4.74 Å². The molecule has 1 unspecified atom stereocenters. The lowest BCUT2D eigenvalue weighted by atomic mass is 9.95. The molecule has 16 heavy (non-hydrogen) atoms. The molecule has 0 saturated carbocycles. The average Bonchev–Trinajstić information content (AvgIpc) is 2.83. The normalized spacial score (nSPS) is 30.8. The fraction of sp³-hybridized carbons (Fsp3) is 1.00. The van der Waals surface area contributed by atoms with Crippen LogP contribution in [0.25, 0.3) is 0 Å². The predicted molar refractivity (Wildman–Crippen MR) is 69.9 cm³/mol. The Kier molecular flexibility index (Phi) is 4.53. The van der Waals surface area contributed by atoms with Gasteiger partial charge in [0.2, 0.25) is 0 Å². The predicted octanol–water partition coefficient (Wildman–Crippen LogP) is 1.18. The molecule has 2 heterocycles. The van der Waals surface area contributed by atoms with Gasteiger partial charge in [-0.3, -0.25) is 0 Å². The van der Waals surface area contributed by atoms with Crippen LogP contribution in [0, 0.1) is 5.92 Å². The maximum atomic E-state index is 5.90. The van der Waals surface area contributed by atoms with Gasteiger partial charge in [-0.25, -0.2) is 0 Å². The molecule has 2 rings (SSSR count). The molecule has 0 aromatic carbocycles. The van der Waals surface area contributed by atoms with Gasteiger partial charge < -0.3 is 15.4 Å². The highest BCUT2D eigenvalue weighted by Gasteiger charge is 2.33. The van der Waals surface area contributed by atoms with E-state index in [1.807, 2.05) is 11.8 Å². The Hall–Kier alpha value is 0.230. The smallest absolute Gasteiger partial charge is 0.0507 e. The monoisotopic (exact) mass is 244 g/mol. The standard InChI is InChI=1S/C12H24N2OS/c1-16-12(10-13)3-5-14(6-4-12)8-11-2-7-15-9-11/h11H,2-10,13H2,1H3. The van der Waals surface area contributed by atoms with Gasteiger partial charge in [0.05, 0.1) is 6.61 Å². The van der Waals surface area contributed by atoms with Crippen molar-refractivity contribution >= 4 is 11.8 Å². The first-order chi connectivity index (χ1) is 7.78. The van der Waals surface area contributed by atoms with E-state index >= 15 is 0 Å². The van der Waals surface area contributed by atoms with Gasteiger partial charge in [-0.15, -0.1) is 0 Å². The molecule has 2 saturated heterocycles. The van der Waals surface area contributed by atoms with Crippen molar-refractivity contribution in [3.63, 3.8) is 0 Å². The van der Waals surface area contributed by atoms with E-state index in [1.165, 1.54) is 38.9 Å². The minimum atomic E-state index is 0.364. The van der Waals surface area contributed by atoms with Crippen LogP contribution in [0.1, 0.15) is 19.3 Å². The fourth-order valence-corrected chi connectivity index (χ4v) is 3.48. The Morgan fingerprint density at radius 3 is 2.69 bits per heavy atom. The zero-order valence-corrected chi connectivity index (χ0v) is 11.1. The summed E-state index contributed by atoms with van der Waals surface area (Å²) in [5.41, 5.74) is 5.90. The molecule has 1 atom stereocenters. The van der Waals surface area contributed by atoms with E-state index in [9.17, 15) is 0 Å². The maximum Gasteiger partial charge on any atom is 0.0507 e. The van der Waals surface area contributed by atoms with Gasteiger partial charge in [0.1, 0.15) is 0 Å². The van der Waals surface area contributed by atoms with Crippen molar-refractivity contribution in [2.75, 3.05) is 45.6 Å². The molecule has 0 spiro atoms. The quantitative estimate of drug-likeness (QED) is 0.806. The van der Waals surface area contributed by atoms with Gasteiger partial charge in [0.25, 0.3) is 0 Å².